The highest BCUT2D eigenvalue weighted by Gasteiger charge is 2.35. The molecule has 2 atom stereocenters. The van der Waals surface area contributed by atoms with Gasteiger partial charge in [0.25, 0.3) is 0 Å². The second-order valence-corrected chi connectivity index (χ2v) is 4.40. The molecule has 0 saturated heterocycles. The Labute approximate surface area is 104 Å². The van der Waals surface area contributed by atoms with Crippen LogP contribution >= 0.6 is 0 Å². The molecular weight excluding hydrogens is 234 g/mol. The topological polar surface area (TPSA) is 92.2 Å². The van der Waals surface area contributed by atoms with Crippen molar-refractivity contribution in [3.63, 3.8) is 0 Å². The Morgan fingerprint density at radius 3 is 2.39 bits per heavy atom. The van der Waals surface area contributed by atoms with E-state index in [0.717, 1.165) is 12.8 Å². The summed E-state index contributed by atoms with van der Waals surface area (Å²) in [4.78, 5) is 30.9. The predicted molar refractivity (Wildman–Crippen MR) is 63.7 cm³/mol. The van der Waals surface area contributed by atoms with Gasteiger partial charge >= 0.3 is 5.97 Å². The molecule has 2 N–H and O–H groups in total. The minimum absolute atomic E-state index is 0.220. The van der Waals surface area contributed by atoms with Crippen LogP contribution in [0.2, 0.25) is 0 Å². The number of nitrogens with zero attached hydrogens (tertiary/aromatic N) is 2. The summed E-state index contributed by atoms with van der Waals surface area (Å²) in [6.45, 7) is 0. The molecule has 6 nitrogen and oxygen atoms in total. The fourth-order valence-corrected chi connectivity index (χ4v) is 2.31. The van der Waals surface area contributed by atoms with Crippen LogP contribution in [0.3, 0.4) is 0 Å². The van der Waals surface area contributed by atoms with Gasteiger partial charge in [-0.25, -0.2) is 9.97 Å². The van der Waals surface area contributed by atoms with E-state index >= 15 is 0 Å². The van der Waals surface area contributed by atoms with E-state index in [9.17, 15) is 9.59 Å². The van der Waals surface area contributed by atoms with Crippen molar-refractivity contribution in [3.8, 4) is 0 Å². The fraction of sp³-hybridized carbons (Fsp3) is 0.500. The standard InChI is InChI=1S/C12H15N3O3/c16-10(15-12-13-6-3-7-14-12)8-4-1-2-5-9(8)11(17)18/h3,6-9H,1-2,4-5H2,(H,17,18)(H,13,14,15,16)/t8-,9+/m0/s1. The van der Waals surface area contributed by atoms with E-state index in [1.807, 2.05) is 0 Å². The SMILES string of the molecule is O=C(Nc1ncccn1)[C@H]1CCCC[C@H]1C(=O)O. The second-order valence-electron chi connectivity index (χ2n) is 4.40. The molecule has 6 heteroatoms. The number of carbonyl (C=O) groups excluding carboxylic acids is 1. The van der Waals surface area contributed by atoms with Crippen molar-refractivity contribution < 1.29 is 14.7 Å². The van der Waals surface area contributed by atoms with Gasteiger partial charge in [-0.2, -0.15) is 0 Å². The maximum Gasteiger partial charge on any atom is 0.307 e. The maximum absolute atomic E-state index is 12.0. The number of carbonyl (C=O) groups is 2. The van der Waals surface area contributed by atoms with Crippen molar-refractivity contribution in [2.45, 2.75) is 25.7 Å². The first kappa shape index (κ1) is 12.5. The van der Waals surface area contributed by atoms with E-state index in [2.05, 4.69) is 15.3 Å². The smallest absolute Gasteiger partial charge is 0.307 e. The summed E-state index contributed by atoms with van der Waals surface area (Å²) in [7, 11) is 0. The number of anilines is 1. The highest BCUT2D eigenvalue weighted by molar-refractivity contribution is 5.93. The third-order valence-electron chi connectivity index (χ3n) is 3.22. The molecule has 1 amide bonds. The van der Waals surface area contributed by atoms with Gasteiger partial charge < -0.3 is 5.11 Å². The van der Waals surface area contributed by atoms with Gasteiger partial charge in [0.15, 0.2) is 0 Å². The van der Waals surface area contributed by atoms with Gasteiger partial charge in [-0.3, -0.25) is 14.9 Å². The Bertz CT molecular complexity index is 435. The summed E-state index contributed by atoms with van der Waals surface area (Å²) in [6, 6.07) is 1.65. The van der Waals surface area contributed by atoms with Crippen molar-refractivity contribution in [2.75, 3.05) is 5.32 Å². The first-order valence-corrected chi connectivity index (χ1v) is 5.99. The number of carboxylic acids is 1. The molecule has 1 aromatic rings. The minimum atomic E-state index is -0.899. The Hall–Kier alpha value is -1.98. The van der Waals surface area contributed by atoms with Gasteiger partial charge in [0, 0.05) is 12.4 Å². The summed E-state index contributed by atoms with van der Waals surface area (Å²) >= 11 is 0. The normalized spacial score (nSPS) is 23.3. The quantitative estimate of drug-likeness (QED) is 0.842. The lowest BCUT2D eigenvalue weighted by molar-refractivity contribution is -0.147. The van der Waals surface area contributed by atoms with E-state index in [1.165, 1.54) is 12.4 Å². The number of carboxylic acid groups (broad SMARTS) is 1. The fourth-order valence-electron chi connectivity index (χ4n) is 2.31. The average molecular weight is 249 g/mol. The molecule has 18 heavy (non-hydrogen) atoms. The molecular formula is C12H15N3O3. The number of hydrogen-bond donors (Lipinski definition) is 2. The summed E-state index contributed by atoms with van der Waals surface area (Å²) < 4.78 is 0. The van der Waals surface area contributed by atoms with Gasteiger partial charge in [-0.05, 0) is 18.9 Å². The molecule has 0 aliphatic heterocycles. The third kappa shape index (κ3) is 2.82. The molecule has 0 radical (unpaired) electrons. The van der Waals surface area contributed by atoms with Gasteiger partial charge in [0.1, 0.15) is 0 Å². The summed E-state index contributed by atoms with van der Waals surface area (Å²) in [5.74, 6) is -2.06. The Kier molecular flexibility index (Phi) is 3.86. The van der Waals surface area contributed by atoms with Crippen molar-refractivity contribution in [3.05, 3.63) is 18.5 Å². The molecule has 1 aromatic heterocycles. The van der Waals surface area contributed by atoms with Crippen LogP contribution in [-0.2, 0) is 9.59 Å². The molecule has 1 aliphatic rings. The highest BCUT2D eigenvalue weighted by Crippen LogP contribution is 2.30. The van der Waals surface area contributed by atoms with Crippen LogP contribution in [-0.4, -0.2) is 27.0 Å². The number of nitrogens with one attached hydrogen (secondary N) is 1. The van der Waals surface area contributed by atoms with Crippen molar-refractivity contribution in [1.82, 2.24) is 9.97 Å². The molecule has 0 spiro atoms. The first-order valence-electron chi connectivity index (χ1n) is 5.99. The molecule has 0 bridgehead atoms. The third-order valence-corrected chi connectivity index (χ3v) is 3.22. The predicted octanol–water partition coefficient (Wildman–Crippen LogP) is 1.31. The zero-order valence-electron chi connectivity index (χ0n) is 9.87. The van der Waals surface area contributed by atoms with Crippen LogP contribution in [0.1, 0.15) is 25.7 Å². The molecule has 0 unspecified atom stereocenters. The van der Waals surface area contributed by atoms with Crippen LogP contribution in [0.15, 0.2) is 18.5 Å². The number of aromatic nitrogens is 2. The zero-order valence-corrected chi connectivity index (χ0v) is 9.87. The van der Waals surface area contributed by atoms with E-state index in [0.29, 0.717) is 12.8 Å². The maximum atomic E-state index is 12.0. The Morgan fingerprint density at radius 2 is 1.78 bits per heavy atom. The lowest BCUT2D eigenvalue weighted by Gasteiger charge is -2.27. The van der Waals surface area contributed by atoms with Crippen LogP contribution in [0.25, 0.3) is 0 Å². The summed E-state index contributed by atoms with van der Waals surface area (Å²) in [5.41, 5.74) is 0. The van der Waals surface area contributed by atoms with Crippen LogP contribution < -0.4 is 5.32 Å². The highest BCUT2D eigenvalue weighted by atomic mass is 16.4. The van der Waals surface area contributed by atoms with E-state index in [1.54, 1.807) is 6.07 Å². The zero-order chi connectivity index (χ0) is 13.0. The minimum Gasteiger partial charge on any atom is -0.481 e. The Morgan fingerprint density at radius 1 is 1.17 bits per heavy atom. The summed E-state index contributed by atoms with van der Waals surface area (Å²) in [6.07, 6.45) is 5.97. The van der Waals surface area contributed by atoms with E-state index in [4.69, 9.17) is 5.11 Å². The molecule has 1 heterocycles. The first-order chi connectivity index (χ1) is 8.68. The lowest BCUT2D eigenvalue weighted by Crippen LogP contribution is -2.36. The Balaban J connectivity index is 2.05. The second kappa shape index (κ2) is 5.57. The van der Waals surface area contributed by atoms with Crippen molar-refractivity contribution >= 4 is 17.8 Å². The largest absolute Gasteiger partial charge is 0.481 e. The summed E-state index contributed by atoms with van der Waals surface area (Å²) in [5, 5.41) is 11.7. The van der Waals surface area contributed by atoms with Crippen LogP contribution in [0, 0.1) is 11.8 Å². The lowest BCUT2D eigenvalue weighted by atomic mass is 9.79. The molecule has 1 aliphatic carbocycles. The van der Waals surface area contributed by atoms with Gasteiger partial charge in [0.2, 0.25) is 11.9 Å². The van der Waals surface area contributed by atoms with Crippen LogP contribution in [0.5, 0.6) is 0 Å². The number of hydrogen-bond acceptors (Lipinski definition) is 4. The number of amides is 1. The molecule has 0 aromatic carbocycles. The van der Waals surface area contributed by atoms with Crippen molar-refractivity contribution in [2.24, 2.45) is 11.8 Å². The van der Waals surface area contributed by atoms with E-state index in [-0.39, 0.29) is 11.9 Å². The van der Waals surface area contributed by atoms with Gasteiger partial charge in [-0.1, -0.05) is 12.8 Å². The molecule has 1 fully saturated rings. The number of aliphatic carboxylic acids is 1. The monoisotopic (exact) mass is 249 g/mol. The number of rotatable bonds is 3. The molecule has 1 saturated carbocycles. The molecule has 2 rings (SSSR count). The molecule has 96 valence electrons. The van der Waals surface area contributed by atoms with Gasteiger partial charge in [0.05, 0.1) is 11.8 Å². The van der Waals surface area contributed by atoms with Gasteiger partial charge in [-0.15, -0.1) is 0 Å². The van der Waals surface area contributed by atoms with Crippen LogP contribution in [0.4, 0.5) is 5.95 Å². The van der Waals surface area contributed by atoms with E-state index < -0.39 is 17.8 Å². The average Bonchev–Trinajstić information content (AvgIpc) is 2.40. The van der Waals surface area contributed by atoms with Crippen molar-refractivity contribution in [1.29, 1.82) is 0 Å².